The molecule has 0 atom stereocenters. The summed E-state index contributed by atoms with van der Waals surface area (Å²) >= 11 is 5.98. The van der Waals surface area contributed by atoms with Crippen molar-refractivity contribution in [1.29, 1.82) is 0 Å². The molecule has 0 bridgehead atoms. The van der Waals surface area contributed by atoms with Crippen molar-refractivity contribution < 1.29 is 4.79 Å². The Balaban J connectivity index is 2.23. The number of hydrogen-bond acceptors (Lipinski definition) is 2. The molecule has 122 valence electrons. The van der Waals surface area contributed by atoms with Gasteiger partial charge in [-0.25, -0.2) is 0 Å². The maximum atomic E-state index is 12.0. The van der Waals surface area contributed by atoms with Crippen LogP contribution < -0.4 is 16.0 Å². The average Bonchev–Trinajstić information content (AvgIpc) is 2.53. The lowest BCUT2D eigenvalue weighted by Gasteiger charge is -2.12. The SMILES string of the molecule is CCCCCNC(=NC)NCCNC(=O)c1ccccc1Cl. The second-order valence-corrected chi connectivity index (χ2v) is 5.28. The van der Waals surface area contributed by atoms with E-state index in [4.69, 9.17) is 11.6 Å². The third-order valence-corrected chi connectivity index (χ3v) is 3.45. The highest BCUT2D eigenvalue weighted by molar-refractivity contribution is 6.33. The molecule has 1 aromatic carbocycles. The molecule has 0 aliphatic rings. The topological polar surface area (TPSA) is 65.5 Å². The molecule has 6 heteroatoms. The van der Waals surface area contributed by atoms with E-state index in [0.717, 1.165) is 18.9 Å². The number of benzene rings is 1. The summed E-state index contributed by atoms with van der Waals surface area (Å²) < 4.78 is 0. The molecule has 0 saturated carbocycles. The number of rotatable bonds is 8. The first kappa shape index (κ1) is 18.3. The van der Waals surface area contributed by atoms with E-state index in [0.29, 0.717) is 23.7 Å². The smallest absolute Gasteiger partial charge is 0.252 e. The van der Waals surface area contributed by atoms with Crippen LogP contribution in [0.3, 0.4) is 0 Å². The van der Waals surface area contributed by atoms with E-state index >= 15 is 0 Å². The lowest BCUT2D eigenvalue weighted by molar-refractivity contribution is 0.0954. The van der Waals surface area contributed by atoms with E-state index in [1.54, 1.807) is 31.3 Å². The highest BCUT2D eigenvalue weighted by Crippen LogP contribution is 2.14. The number of nitrogens with one attached hydrogen (secondary N) is 3. The Morgan fingerprint density at radius 1 is 1.09 bits per heavy atom. The lowest BCUT2D eigenvalue weighted by atomic mass is 10.2. The standard InChI is InChI=1S/C16H25ClN4O/c1-3-4-7-10-20-16(18-2)21-12-11-19-15(22)13-8-5-6-9-14(13)17/h5-6,8-9H,3-4,7,10-12H2,1-2H3,(H,19,22)(H2,18,20,21). The molecule has 1 aromatic rings. The van der Waals surface area contributed by atoms with Gasteiger partial charge in [-0.2, -0.15) is 0 Å². The molecule has 0 unspecified atom stereocenters. The normalized spacial score (nSPS) is 11.1. The minimum absolute atomic E-state index is 0.168. The van der Waals surface area contributed by atoms with Crippen molar-refractivity contribution in [3.63, 3.8) is 0 Å². The summed E-state index contributed by atoms with van der Waals surface area (Å²) in [5.41, 5.74) is 0.492. The molecule has 1 amide bonds. The molecule has 0 aromatic heterocycles. The molecular weight excluding hydrogens is 300 g/mol. The summed E-state index contributed by atoms with van der Waals surface area (Å²) in [7, 11) is 1.73. The van der Waals surface area contributed by atoms with Gasteiger partial charge in [0.15, 0.2) is 5.96 Å². The number of unbranched alkanes of at least 4 members (excludes halogenated alkanes) is 2. The van der Waals surface area contributed by atoms with Gasteiger partial charge in [-0.15, -0.1) is 0 Å². The Morgan fingerprint density at radius 2 is 1.77 bits per heavy atom. The zero-order valence-corrected chi connectivity index (χ0v) is 14.0. The van der Waals surface area contributed by atoms with E-state index in [2.05, 4.69) is 27.9 Å². The summed E-state index contributed by atoms with van der Waals surface area (Å²) in [6.07, 6.45) is 3.53. The minimum Gasteiger partial charge on any atom is -0.356 e. The van der Waals surface area contributed by atoms with Crippen LogP contribution in [0.4, 0.5) is 0 Å². The molecule has 0 aliphatic carbocycles. The Bertz CT molecular complexity index is 491. The zero-order chi connectivity index (χ0) is 16.2. The largest absolute Gasteiger partial charge is 0.356 e. The molecule has 0 heterocycles. The van der Waals surface area contributed by atoms with Crippen LogP contribution in [0.5, 0.6) is 0 Å². The van der Waals surface area contributed by atoms with Gasteiger partial charge in [0.05, 0.1) is 10.6 Å². The monoisotopic (exact) mass is 324 g/mol. The highest BCUT2D eigenvalue weighted by Gasteiger charge is 2.08. The van der Waals surface area contributed by atoms with Crippen molar-refractivity contribution in [3.8, 4) is 0 Å². The second-order valence-electron chi connectivity index (χ2n) is 4.87. The van der Waals surface area contributed by atoms with E-state index in [9.17, 15) is 4.79 Å². The van der Waals surface area contributed by atoms with Crippen LogP contribution in [0.1, 0.15) is 36.5 Å². The van der Waals surface area contributed by atoms with Gasteiger partial charge in [0.2, 0.25) is 0 Å². The van der Waals surface area contributed by atoms with Gasteiger partial charge in [-0.05, 0) is 18.6 Å². The number of hydrogen-bond donors (Lipinski definition) is 3. The fraction of sp³-hybridized carbons (Fsp3) is 0.500. The summed E-state index contributed by atoms with van der Waals surface area (Å²) in [5, 5.41) is 9.68. The fourth-order valence-corrected chi connectivity index (χ4v) is 2.12. The van der Waals surface area contributed by atoms with Gasteiger partial charge < -0.3 is 16.0 Å². The second kappa shape index (κ2) is 10.9. The van der Waals surface area contributed by atoms with Crippen molar-refractivity contribution >= 4 is 23.5 Å². The van der Waals surface area contributed by atoms with Crippen molar-refractivity contribution in [1.82, 2.24) is 16.0 Å². The number of carbonyl (C=O) groups is 1. The maximum absolute atomic E-state index is 12.0. The van der Waals surface area contributed by atoms with Gasteiger partial charge in [0.25, 0.3) is 5.91 Å². The number of nitrogens with zero attached hydrogens (tertiary/aromatic N) is 1. The van der Waals surface area contributed by atoms with Gasteiger partial charge in [-0.3, -0.25) is 9.79 Å². The first-order chi connectivity index (χ1) is 10.7. The molecule has 5 nitrogen and oxygen atoms in total. The van der Waals surface area contributed by atoms with E-state index < -0.39 is 0 Å². The molecule has 0 saturated heterocycles. The third-order valence-electron chi connectivity index (χ3n) is 3.12. The van der Waals surface area contributed by atoms with Gasteiger partial charge >= 0.3 is 0 Å². The van der Waals surface area contributed by atoms with Crippen LogP contribution in [0.25, 0.3) is 0 Å². The van der Waals surface area contributed by atoms with Gasteiger partial charge in [0, 0.05) is 26.7 Å². The number of guanidine groups is 1. The van der Waals surface area contributed by atoms with Crippen LogP contribution in [-0.2, 0) is 0 Å². The van der Waals surface area contributed by atoms with Crippen LogP contribution in [0, 0.1) is 0 Å². The van der Waals surface area contributed by atoms with Crippen molar-refractivity contribution in [3.05, 3.63) is 34.9 Å². The molecular formula is C16H25ClN4O. The van der Waals surface area contributed by atoms with E-state index in [1.165, 1.54) is 12.8 Å². The first-order valence-electron chi connectivity index (χ1n) is 7.66. The average molecular weight is 325 g/mol. The molecule has 0 aliphatic heterocycles. The molecule has 22 heavy (non-hydrogen) atoms. The summed E-state index contributed by atoms with van der Waals surface area (Å²) in [4.78, 5) is 16.1. The maximum Gasteiger partial charge on any atom is 0.252 e. The predicted molar refractivity (Wildman–Crippen MR) is 92.7 cm³/mol. The van der Waals surface area contributed by atoms with Gasteiger partial charge in [0.1, 0.15) is 0 Å². The Hall–Kier alpha value is -1.75. The fourth-order valence-electron chi connectivity index (χ4n) is 1.90. The molecule has 1 rings (SSSR count). The highest BCUT2D eigenvalue weighted by atomic mass is 35.5. The number of amides is 1. The third kappa shape index (κ3) is 6.80. The first-order valence-corrected chi connectivity index (χ1v) is 8.04. The number of halogens is 1. The van der Waals surface area contributed by atoms with Crippen LogP contribution >= 0.6 is 11.6 Å². The van der Waals surface area contributed by atoms with Crippen LogP contribution in [0.2, 0.25) is 5.02 Å². The quantitative estimate of drug-likeness (QED) is 0.391. The predicted octanol–water partition coefficient (Wildman–Crippen LogP) is 2.43. The minimum atomic E-state index is -0.168. The number of carbonyl (C=O) groups excluding carboxylic acids is 1. The summed E-state index contributed by atoms with van der Waals surface area (Å²) in [5.74, 6) is 0.585. The Kier molecular flexibility index (Phi) is 9.07. The zero-order valence-electron chi connectivity index (χ0n) is 13.3. The number of aliphatic imine (C=N–C) groups is 1. The lowest BCUT2D eigenvalue weighted by Crippen LogP contribution is -2.41. The molecule has 0 spiro atoms. The van der Waals surface area contributed by atoms with Crippen molar-refractivity contribution in [2.75, 3.05) is 26.7 Å². The van der Waals surface area contributed by atoms with Crippen molar-refractivity contribution in [2.24, 2.45) is 4.99 Å². The van der Waals surface area contributed by atoms with Crippen LogP contribution in [-0.4, -0.2) is 38.5 Å². The summed E-state index contributed by atoms with van der Waals surface area (Å²) in [6, 6.07) is 7.01. The van der Waals surface area contributed by atoms with E-state index in [-0.39, 0.29) is 5.91 Å². The van der Waals surface area contributed by atoms with Gasteiger partial charge in [-0.1, -0.05) is 43.5 Å². The van der Waals surface area contributed by atoms with E-state index in [1.807, 2.05) is 0 Å². The van der Waals surface area contributed by atoms with Crippen LogP contribution in [0.15, 0.2) is 29.3 Å². The Morgan fingerprint density at radius 3 is 2.45 bits per heavy atom. The Labute approximate surface area is 137 Å². The molecule has 0 radical (unpaired) electrons. The molecule has 0 fully saturated rings. The summed E-state index contributed by atoms with van der Waals surface area (Å²) in [6.45, 7) is 4.18. The molecule has 3 N–H and O–H groups in total. The van der Waals surface area contributed by atoms with Crippen molar-refractivity contribution in [2.45, 2.75) is 26.2 Å².